The summed E-state index contributed by atoms with van der Waals surface area (Å²) in [5.41, 5.74) is 0.752. The molecule has 0 bridgehead atoms. The van der Waals surface area contributed by atoms with E-state index in [1.807, 2.05) is 19.9 Å². The summed E-state index contributed by atoms with van der Waals surface area (Å²) in [4.78, 5) is 37.9. The van der Waals surface area contributed by atoms with Crippen LogP contribution in [0, 0.1) is 0 Å². The molecule has 168 valence electrons. The fourth-order valence-corrected chi connectivity index (χ4v) is 4.23. The molecule has 1 saturated heterocycles. The number of nitrogens with one attached hydrogen (secondary N) is 1. The molecule has 2 rings (SSSR count). The summed E-state index contributed by atoms with van der Waals surface area (Å²) in [7, 11) is 1.54. The lowest BCUT2D eigenvalue weighted by atomic mass is 10.1. The monoisotopic (exact) mass is 466 g/mol. The van der Waals surface area contributed by atoms with E-state index >= 15 is 0 Å². The third-order valence-corrected chi connectivity index (χ3v) is 5.81. The minimum Gasteiger partial charge on any atom is -0.493 e. The van der Waals surface area contributed by atoms with E-state index in [4.69, 9.17) is 26.8 Å². The van der Waals surface area contributed by atoms with E-state index in [9.17, 15) is 14.4 Å². The van der Waals surface area contributed by atoms with Crippen molar-refractivity contribution in [2.45, 2.75) is 39.2 Å². The second-order valence-corrected chi connectivity index (χ2v) is 8.35. The molecule has 1 aromatic carbocycles. The van der Waals surface area contributed by atoms with Crippen LogP contribution in [0.5, 0.6) is 11.5 Å². The van der Waals surface area contributed by atoms with Gasteiger partial charge in [-0.25, -0.2) is 4.79 Å². The molecule has 2 N–H and O–H groups in total. The summed E-state index contributed by atoms with van der Waals surface area (Å²) >= 11 is 6.45. The van der Waals surface area contributed by atoms with Crippen molar-refractivity contribution >= 4 is 52.2 Å². The first-order valence-electron chi connectivity index (χ1n) is 9.89. The highest BCUT2D eigenvalue weighted by Gasteiger charge is 2.32. The van der Waals surface area contributed by atoms with Crippen LogP contribution in [-0.4, -0.2) is 58.4 Å². The van der Waals surface area contributed by atoms with Gasteiger partial charge in [0.2, 0.25) is 5.91 Å². The lowest BCUT2D eigenvalue weighted by Crippen LogP contribution is -2.42. The van der Waals surface area contributed by atoms with Crippen LogP contribution in [0.3, 0.4) is 0 Å². The predicted octanol–water partition coefficient (Wildman–Crippen LogP) is 3.05. The summed E-state index contributed by atoms with van der Waals surface area (Å²) in [6.07, 6.45) is 2.65. The summed E-state index contributed by atoms with van der Waals surface area (Å²) in [5.74, 6) is -0.630. The molecule has 0 radical (unpaired) electrons. The van der Waals surface area contributed by atoms with Crippen LogP contribution in [-0.2, 0) is 14.4 Å². The number of carboxylic acid groups (broad SMARTS) is 1. The van der Waals surface area contributed by atoms with Crippen molar-refractivity contribution in [2.75, 3.05) is 20.3 Å². The Morgan fingerprint density at radius 2 is 2.06 bits per heavy atom. The van der Waals surface area contributed by atoms with Crippen LogP contribution >= 0.6 is 24.0 Å². The first-order valence-corrected chi connectivity index (χ1v) is 11.1. The molecule has 0 unspecified atom stereocenters. The third-order valence-electron chi connectivity index (χ3n) is 4.43. The normalized spacial score (nSPS) is 15.8. The van der Waals surface area contributed by atoms with E-state index < -0.39 is 17.9 Å². The zero-order valence-corrected chi connectivity index (χ0v) is 19.3. The molecule has 31 heavy (non-hydrogen) atoms. The van der Waals surface area contributed by atoms with Gasteiger partial charge in [0.05, 0.1) is 18.6 Å². The van der Waals surface area contributed by atoms with Gasteiger partial charge in [-0.1, -0.05) is 43.4 Å². The zero-order valence-electron chi connectivity index (χ0n) is 17.7. The molecular formula is C21H26N2O6S2. The molecule has 10 heteroatoms. The number of hydrogen-bond donors (Lipinski definition) is 2. The summed E-state index contributed by atoms with van der Waals surface area (Å²) < 4.78 is 11.2. The smallest absolute Gasteiger partial charge is 0.326 e. The Kier molecular flexibility index (Phi) is 9.32. The number of carbonyl (C=O) groups is 3. The predicted molar refractivity (Wildman–Crippen MR) is 123 cm³/mol. The number of hydrogen-bond acceptors (Lipinski definition) is 7. The number of thioether (sulfide) groups is 1. The fourth-order valence-electron chi connectivity index (χ4n) is 2.92. The van der Waals surface area contributed by atoms with Crippen molar-refractivity contribution in [2.24, 2.45) is 0 Å². The van der Waals surface area contributed by atoms with E-state index in [0.29, 0.717) is 40.2 Å². The molecule has 0 saturated carbocycles. The highest BCUT2D eigenvalue weighted by Crippen LogP contribution is 2.34. The lowest BCUT2D eigenvalue weighted by molar-refractivity contribution is -0.142. The van der Waals surface area contributed by atoms with Crippen LogP contribution in [0.25, 0.3) is 6.08 Å². The third kappa shape index (κ3) is 6.70. The molecule has 1 aliphatic heterocycles. The Labute approximate surface area is 191 Å². The van der Waals surface area contributed by atoms with Gasteiger partial charge in [-0.2, -0.15) is 0 Å². The van der Waals surface area contributed by atoms with Crippen molar-refractivity contribution in [3.05, 3.63) is 28.7 Å². The summed E-state index contributed by atoms with van der Waals surface area (Å²) in [5, 5.41) is 11.6. The van der Waals surface area contributed by atoms with Crippen LogP contribution in [0.15, 0.2) is 23.1 Å². The van der Waals surface area contributed by atoms with E-state index in [2.05, 4.69) is 5.32 Å². The topological polar surface area (TPSA) is 105 Å². The lowest BCUT2D eigenvalue weighted by Gasteiger charge is -2.16. The van der Waals surface area contributed by atoms with Crippen LogP contribution in [0.4, 0.5) is 0 Å². The van der Waals surface area contributed by atoms with Gasteiger partial charge in [0.1, 0.15) is 10.4 Å². The molecule has 0 aliphatic carbocycles. The Morgan fingerprint density at radius 3 is 2.68 bits per heavy atom. The Bertz CT molecular complexity index is 887. The minimum atomic E-state index is -1.07. The van der Waals surface area contributed by atoms with Gasteiger partial charge in [-0.05, 0) is 37.1 Å². The van der Waals surface area contributed by atoms with Gasteiger partial charge < -0.3 is 19.9 Å². The molecule has 2 amide bonds. The van der Waals surface area contributed by atoms with Gasteiger partial charge in [0.15, 0.2) is 11.5 Å². The molecule has 1 aromatic rings. The molecule has 8 nitrogen and oxygen atoms in total. The number of carbonyl (C=O) groups excluding carboxylic acids is 2. The number of benzene rings is 1. The van der Waals surface area contributed by atoms with Crippen molar-refractivity contribution in [3.63, 3.8) is 0 Å². The number of nitrogens with zero attached hydrogens (tertiary/aromatic N) is 1. The molecule has 0 spiro atoms. The van der Waals surface area contributed by atoms with Gasteiger partial charge >= 0.3 is 5.97 Å². The van der Waals surface area contributed by atoms with E-state index in [1.54, 1.807) is 25.3 Å². The Balaban J connectivity index is 2.04. The second kappa shape index (κ2) is 11.7. The Morgan fingerprint density at radius 1 is 1.32 bits per heavy atom. The van der Waals surface area contributed by atoms with Gasteiger partial charge in [-0.3, -0.25) is 14.5 Å². The first kappa shape index (κ1) is 24.7. The summed E-state index contributed by atoms with van der Waals surface area (Å²) in [6, 6.07) is 4.42. The van der Waals surface area contributed by atoms with Crippen molar-refractivity contribution < 1.29 is 29.0 Å². The average Bonchev–Trinajstić information content (AvgIpc) is 2.99. The molecule has 0 aromatic heterocycles. The molecular weight excluding hydrogens is 440 g/mol. The van der Waals surface area contributed by atoms with Crippen molar-refractivity contribution in [1.29, 1.82) is 0 Å². The highest BCUT2D eigenvalue weighted by molar-refractivity contribution is 8.26. The van der Waals surface area contributed by atoms with Gasteiger partial charge in [-0.15, -0.1) is 0 Å². The zero-order chi connectivity index (χ0) is 23.0. The fraction of sp³-hybridized carbons (Fsp3) is 0.429. The van der Waals surface area contributed by atoms with Crippen LogP contribution < -0.4 is 14.8 Å². The first-order chi connectivity index (χ1) is 14.8. The number of ether oxygens (including phenoxy) is 2. The minimum absolute atomic E-state index is 0.0376. The van der Waals surface area contributed by atoms with E-state index in [-0.39, 0.29) is 18.9 Å². The van der Waals surface area contributed by atoms with Gasteiger partial charge in [0.25, 0.3) is 5.91 Å². The molecule has 1 aliphatic rings. The number of carboxylic acids is 1. The number of thiocarbonyl (C=S) groups is 1. The Hall–Kier alpha value is -2.59. The van der Waals surface area contributed by atoms with E-state index in [1.165, 1.54) is 4.90 Å². The maximum Gasteiger partial charge on any atom is 0.326 e. The number of amides is 2. The molecule has 1 heterocycles. The average molecular weight is 467 g/mol. The van der Waals surface area contributed by atoms with Crippen molar-refractivity contribution in [1.82, 2.24) is 10.2 Å². The maximum atomic E-state index is 12.8. The van der Waals surface area contributed by atoms with Crippen molar-refractivity contribution in [3.8, 4) is 11.5 Å². The van der Waals surface area contributed by atoms with Gasteiger partial charge in [0, 0.05) is 13.0 Å². The second-order valence-electron chi connectivity index (χ2n) is 6.67. The van der Waals surface area contributed by atoms with E-state index in [0.717, 1.165) is 17.3 Å². The largest absolute Gasteiger partial charge is 0.493 e. The standard InChI is InChI=1S/C21H26N2O6S2/c1-4-6-14(20(26)27)22-18(24)9-10-23-19(25)17(31-21(23)30)12-13-7-8-15(29-5-2)16(11-13)28-3/h7-8,11-12,14H,4-6,9-10H2,1-3H3,(H,22,24)(H,26,27)/b17-12+/t14-/m0/s1. The number of aliphatic carboxylic acids is 1. The molecule has 1 fully saturated rings. The number of rotatable bonds is 11. The SMILES string of the molecule is CCC[C@H](NC(=O)CCN1C(=O)/C(=C\c2ccc(OCC)c(OC)c2)SC1=S)C(=O)O. The maximum absolute atomic E-state index is 12.8. The number of methoxy groups -OCH3 is 1. The summed E-state index contributed by atoms with van der Waals surface area (Å²) in [6.45, 7) is 4.31. The highest BCUT2D eigenvalue weighted by atomic mass is 32.2. The van der Waals surface area contributed by atoms with Crippen LogP contribution in [0.2, 0.25) is 0 Å². The quantitative estimate of drug-likeness (QED) is 0.379. The molecule has 1 atom stereocenters. The van der Waals surface area contributed by atoms with Crippen LogP contribution in [0.1, 0.15) is 38.7 Å².